The minimum atomic E-state index is -0.468. The third-order valence-electron chi connectivity index (χ3n) is 6.41. The molecule has 2 aromatic carbocycles. The summed E-state index contributed by atoms with van der Waals surface area (Å²) in [5, 5.41) is 8.83. The van der Waals surface area contributed by atoms with E-state index in [2.05, 4.69) is 10.2 Å². The van der Waals surface area contributed by atoms with Crippen LogP contribution in [0.3, 0.4) is 0 Å². The van der Waals surface area contributed by atoms with Gasteiger partial charge >= 0.3 is 11.3 Å². The zero-order valence-electron chi connectivity index (χ0n) is 21.6. The Hall–Kier alpha value is -3.24. The first kappa shape index (κ1) is 26.8. The fourth-order valence-corrected chi connectivity index (χ4v) is 5.32. The van der Waals surface area contributed by atoms with Gasteiger partial charge in [0.1, 0.15) is 6.61 Å². The number of carbonyl (C=O) groups excluding carboxylic acids is 2. The van der Waals surface area contributed by atoms with Gasteiger partial charge in [0.25, 0.3) is 0 Å². The molecule has 10 heteroatoms. The van der Waals surface area contributed by atoms with Gasteiger partial charge in [0, 0.05) is 17.8 Å². The van der Waals surface area contributed by atoms with E-state index < -0.39 is 6.09 Å². The third kappa shape index (κ3) is 6.95. The number of hydrazone groups is 1. The van der Waals surface area contributed by atoms with Crippen LogP contribution in [0.4, 0.5) is 15.3 Å². The molecule has 2 aliphatic rings. The lowest BCUT2D eigenvalue weighted by Crippen LogP contribution is -2.34. The summed E-state index contributed by atoms with van der Waals surface area (Å²) < 4.78 is 16.1. The van der Waals surface area contributed by atoms with E-state index in [1.807, 2.05) is 37.3 Å². The molecule has 1 fully saturated rings. The van der Waals surface area contributed by atoms with Crippen LogP contribution in [0.25, 0.3) is 0 Å². The fourth-order valence-electron chi connectivity index (χ4n) is 4.38. The summed E-state index contributed by atoms with van der Waals surface area (Å²) in [4.78, 5) is 27.2. The molecule has 9 nitrogen and oxygen atoms in total. The van der Waals surface area contributed by atoms with Crippen molar-refractivity contribution in [3.05, 3.63) is 53.6 Å². The summed E-state index contributed by atoms with van der Waals surface area (Å²) in [5.41, 5.74) is 3.24. The number of methoxy groups -OCH3 is 2. The van der Waals surface area contributed by atoms with Gasteiger partial charge in [-0.15, -0.1) is 0 Å². The summed E-state index contributed by atoms with van der Waals surface area (Å²) in [6.07, 6.45) is 2.72. The van der Waals surface area contributed by atoms with Crippen molar-refractivity contribution in [2.75, 3.05) is 45.8 Å². The lowest BCUT2D eigenvalue weighted by Gasteiger charge is -2.28. The van der Waals surface area contributed by atoms with E-state index in [4.69, 9.17) is 19.3 Å². The molecule has 198 valence electrons. The first-order valence-corrected chi connectivity index (χ1v) is 13.4. The number of nitrogens with one attached hydrogen (secondary N) is 1. The maximum Gasteiger partial charge on any atom is 0.411 e. The lowest BCUT2D eigenvalue weighted by atomic mass is 10.0. The first-order valence-electron chi connectivity index (χ1n) is 12.5. The highest BCUT2D eigenvalue weighted by molar-refractivity contribution is 8.14. The SMILES string of the molecule is CCC1SC(=O)N(Cc2ccc(NC(=O)OCCN3CCCC3)cc2)N=C1c1ccc(OC)c(OC)c1. The van der Waals surface area contributed by atoms with E-state index in [9.17, 15) is 9.59 Å². The molecule has 2 heterocycles. The lowest BCUT2D eigenvalue weighted by molar-refractivity contribution is 0.146. The molecule has 2 aromatic rings. The van der Waals surface area contributed by atoms with Crippen molar-refractivity contribution >= 4 is 34.5 Å². The highest BCUT2D eigenvalue weighted by Crippen LogP contribution is 2.33. The largest absolute Gasteiger partial charge is 0.493 e. The minimum Gasteiger partial charge on any atom is -0.493 e. The molecule has 0 aromatic heterocycles. The van der Waals surface area contributed by atoms with Gasteiger partial charge in [-0.25, -0.2) is 9.80 Å². The van der Waals surface area contributed by atoms with Crippen LogP contribution in [0.5, 0.6) is 11.5 Å². The molecule has 2 amide bonds. The van der Waals surface area contributed by atoms with Crippen LogP contribution in [0.1, 0.15) is 37.3 Å². The third-order valence-corrected chi connectivity index (χ3v) is 7.66. The Morgan fingerprint density at radius 2 is 1.81 bits per heavy atom. The monoisotopic (exact) mass is 526 g/mol. The van der Waals surface area contributed by atoms with E-state index >= 15 is 0 Å². The summed E-state index contributed by atoms with van der Waals surface area (Å²) >= 11 is 1.28. The number of amides is 2. The van der Waals surface area contributed by atoms with E-state index in [1.165, 1.54) is 29.6 Å². The van der Waals surface area contributed by atoms with E-state index in [0.717, 1.165) is 42.9 Å². The average Bonchev–Trinajstić information content (AvgIpc) is 3.44. The molecule has 0 aliphatic carbocycles. The highest BCUT2D eigenvalue weighted by Gasteiger charge is 2.30. The number of anilines is 1. The standard InChI is InChI=1S/C27H34N4O5S/c1-4-24-25(20-9-12-22(34-2)23(17-20)35-3)29-31(27(33)37-24)18-19-7-10-21(11-8-19)28-26(32)36-16-15-30-13-5-6-14-30/h7-12,17,24H,4-6,13-16,18H2,1-3H3,(H,28,32). The van der Waals surface area contributed by atoms with Crippen molar-refractivity contribution in [3.63, 3.8) is 0 Å². The Morgan fingerprint density at radius 3 is 2.49 bits per heavy atom. The molecule has 1 atom stereocenters. The summed E-state index contributed by atoms with van der Waals surface area (Å²) in [6.45, 7) is 5.64. The van der Waals surface area contributed by atoms with Crippen molar-refractivity contribution < 1.29 is 23.8 Å². The van der Waals surface area contributed by atoms with Crippen molar-refractivity contribution in [1.29, 1.82) is 0 Å². The van der Waals surface area contributed by atoms with Gasteiger partial charge in [-0.05, 0) is 68.2 Å². The Bertz CT molecular complexity index is 1120. The zero-order valence-corrected chi connectivity index (χ0v) is 22.4. The molecule has 1 N–H and O–H groups in total. The first-order chi connectivity index (χ1) is 18.0. The molecular weight excluding hydrogens is 492 g/mol. The fraction of sp³-hybridized carbons (Fsp3) is 0.444. The van der Waals surface area contributed by atoms with Crippen LogP contribution in [0.15, 0.2) is 47.6 Å². The smallest absolute Gasteiger partial charge is 0.411 e. The molecule has 0 saturated carbocycles. The molecule has 4 rings (SSSR count). The number of ether oxygens (including phenoxy) is 3. The number of hydrogen-bond acceptors (Lipinski definition) is 8. The van der Waals surface area contributed by atoms with Crippen molar-refractivity contribution in [2.45, 2.75) is 38.0 Å². The van der Waals surface area contributed by atoms with Crippen molar-refractivity contribution in [3.8, 4) is 11.5 Å². The van der Waals surface area contributed by atoms with E-state index in [0.29, 0.717) is 30.3 Å². The molecule has 37 heavy (non-hydrogen) atoms. The molecule has 0 radical (unpaired) electrons. The van der Waals surface area contributed by atoms with Gasteiger partial charge < -0.3 is 14.2 Å². The van der Waals surface area contributed by atoms with Crippen LogP contribution in [0, 0.1) is 0 Å². The summed E-state index contributed by atoms with van der Waals surface area (Å²) in [7, 11) is 3.19. The molecular formula is C27H34N4O5S. The van der Waals surface area contributed by atoms with Gasteiger partial charge in [0.15, 0.2) is 11.5 Å². The number of rotatable bonds is 10. The van der Waals surface area contributed by atoms with Crippen molar-refractivity contribution in [2.24, 2.45) is 5.10 Å². The van der Waals surface area contributed by atoms with E-state index in [-0.39, 0.29) is 10.5 Å². The van der Waals surface area contributed by atoms with Gasteiger partial charge in [-0.2, -0.15) is 5.10 Å². The molecule has 0 bridgehead atoms. The Kier molecular flexibility index (Phi) is 9.29. The van der Waals surface area contributed by atoms with E-state index in [1.54, 1.807) is 26.4 Å². The molecule has 2 aliphatic heterocycles. The van der Waals surface area contributed by atoms with Gasteiger partial charge in [-0.3, -0.25) is 15.0 Å². The topological polar surface area (TPSA) is 92.7 Å². The quantitative estimate of drug-likeness (QED) is 0.455. The zero-order chi connectivity index (χ0) is 26.2. The Balaban J connectivity index is 1.39. The average molecular weight is 527 g/mol. The normalized spacial score (nSPS) is 17.9. The highest BCUT2D eigenvalue weighted by atomic mass is 32.2. The minimum absolute atomic E-state index is 0.0510. The maximum atomic E-state index is 12.8. The Labute approximate surface area is 222 Å². The number of benzene rings is 2. The number of likely N-dealkylation sites (tertiary alicyclic amines) is 1. The van der Waals surface area contributed by atoms with Gasteiger partial charge in [0.05, 0.1) is 31.7 Å². The van der Waals surface area contributed by atoms with Gasteiger partial charge in [-0.1, -0.05) is 30.8 Å². The second-order valence-corrected chi connectivity index (χ2v) is 10.1. The number of nitrogens with zero attached hydrogens (tertiary/aromatic N) is 3. The predicted octanol–water partition coefficient (Wildman–Crippen LogP) is 5.20. The van der Waals surface area contributed by atoms with Crippen molar-refractivity contribution in [1.82, 2.24) is 9.91 Å². The maximum absolute atomic E-state index is 12.8. The Morgan fingerprint density at radius 1 is 1.08 bits per heavy atom. The number of hydrogen-bond donors (Lipinski definition) is 1. The second-order valence-electron chi connectivity index (χ2n) is 8.90. The number of carbonyl (C=O) groups is 2. The van der Waals surface area contributed by atoms with Gasteiger partial charge in [0.2, 0.25) is 0 Å². The number of thioether (sulfide) groups is 1. The summed E-state index contributed by atoms with van der Waals surface area (Å²) in [6, 6.07) is 13.0. The van der Waals surface area contributed by atoms with Crippen LogP contribution in [-0.4, -0.2) is 72.7 Å². The summed E-state index contributed by atoms with van der Waals surface area (Å²) in [5.74, 6) is 1.25. The van der Waals surface area contributed by atoms with Crippen LogP contribution in [-0.2, 0) is 11.3 Å². The molecule has 1 saturated heterocycles. The van der Waals surface area contributed by atoms with Crippen LogP contribution < -0.4 is 14.8 Å². The second kappa shape index (κ2) is 12.8. The molecule has 1 unspecified atom stereocenters. The van der Waals surface area contributed by atoms with Crippen LogP contribution >= 0.6 is 11.8 Å². The predicted molar refractivity (Wildman–Crippen MR) is 146 cm³/mol. The molecule has 0 spiro atoms. The van der Waals surface area contributed by atoms with Crippen LogP contribution in [0.2, 0.25) is 0 Å².